The molecule has 1 aliphatic rings. The third-order valence-corrected chi connectivity index (χ3v) is 7.68. The first kappa shape index (κ1) is 32.7. The van der Waals surface area contributed by atoms with Crippen LogP contribution in [-0.4, -0.2) is 36.4 Å². The first-order valence-electron chi connectivity index (χ1n) is 13.3. The van der Waals surface area contributed by atoms with Crippen LogP contribution in [0.15, 0.2) is 86.0 Å². The van der Waals surface area contributed by atoms with Gasteiger partial charge < -0.3 is 24.8 Å². The van der Waals surface area contributed by atoms with E-state index in [-0.39, 0.29) is 19.8 Å². The second-order valence-corrected chi connectivity index (χ2v) is 11.4. The number of rotatable bonds is 11. The van der Waals surface area contributed by atoms with Crippen LogP contribution in [0.3, 0.4) is 0 Å². The van der Waals surface area contributed by atoms with Crippen LogP contribution in [0.2, 0.25) is 0 Å². The van der Waals surface area contributed by atoms with Crippen molar-refractivity contribution in [1.29, 1.82) is 5.26 Å². The van der Waals surface area contributed by atoms with Gasteiger partial charge in [-0.2, -0.15) is 10.4 Å². The molecule has 1 aliphatic heterocycles. The molecule has 0 bridgehead atoms. The molecule has 0 saturated heterocycles. The van der Waals surface area contributed by atoms with Crippen LogP contribution in [0, 0.1) is 11.3 Å². The Bertz CT molecular complexity index is 1660. The molecular weight excluding hydrogens is 714 g/mol. The van der Waals surface area contributed by atoms with Crippen molar-refractivity contribution in [2.45, 2.75) is 26.5 Å². The highest BCUT2D eigenvalue weighted by molar-refractivity contribution is 9.11. The first-order chi connectivity index (χ1) is 21.2. The van der Waals surface area contributed by atoms with E-state index >= 15 is 0 Å². The highest BCUT2D eigenvalue weighted by Gasteiger charge is 2.32. The van der Waals surface area contributed by atoms with Crippen molar-refractivity contribution >= 4 is 67.3 Å². The van der Waals surface area contributed by atoms with Gasteiger partial charge in [-0.3, -0.25) is 4.79 Å². The van der Waals surface area contributed by atoms with Crippen molar-refractivity contribution in [2.24, 2.45) is 5.10 Å². The van der Waals surface area contributed by atoms with Gasteiger partial charge in [0.25, 0.3) is 5.91 Å². The summed E-state index contributed by atoms with van der Waals surface area (Å²) in [5.41, 5.74) is 6.01. The van der Waals surface area contributed by atoms with E-state index < -0.39 is 17.9 Å². The molecule has 0 radical (unpaired) electrons. The number of halogens is 2. The van der Waals surface area contributed by atoms with E-state index in [0.717, 1.165) is 5.56 Å². The van der Waals surface area contributed by atoms with Crippen molar-refractivity contribution in [3.63, 3.8) is 0 Å². The summed E-state index contributed by atoms with van der Waals surface area (Å²) in [7, 11) is 0. The summed E-state index contributed by atoms with van der Waals surface area (Å²) < 4.78 is 18.3. The number of thiocarbonyl (C=S) groups is 1. The minimum Gasteiger partial charge on any atom is -0.486 e. The molecule has 4 rings (SSSR count). The summed E-state index contributed by atoms with van der Waals surface area (Å²) in [6.07, 6.45) is 1.48. The number of para-hydroxylation sites is 1. The molecule has 13 heteroatoms. The van der Waals surface area contributed by atoms with E-state index in [4.69, 9.17) is 26.4 Å². The minimum atomic E-state index is -0.634. The number of allylic oxidation sites excluding steroid dienone is 1. The summed E-state index contributed by atoms with van der Waals surface area (Å²) in [6.45, 7) is 3.58. The van der Waals surface area contributed by atoms with E-state index in [1.807, 2.05) is 12.1 Å². The van der Waals surface area contributed by atoms with Gasteiger partial charge in [0.2, 0.25) is 0 Å². The number of hydrogen-bond acceptors (Lipinski definition) is 8. The van der Waals surface area contributed by atoms with Gasteiger partial charge in [0.05, 0.1) is 45.0 Å². The Morgan fingerprint density at radius 1 is 1.11 bits per heavy atom. The van der Waals surface area contributed by atoms with E-state index in [2.05, 4.69) is 59.1 Å². The van der Waals surface area contributed by atoms with Crippen molar-refractivity contribution in [1.82, 2.24) is 16.1 Å². The largest absolute Gasteiger partial charge is 0.486 e. The average Bonchev–Trinajstić information content (AvgIpc) is 2.99. The zero-order chi connectivity index (χ0) is 31.6. The smallest absolute Gasteiger partial charge is 0.338 e. The van der Waals surface area contributed by atoms with Crippen LogP contribution in [0.4, 0.5) is 0 Å². The SMILES string of the molecule is CCOC(=O)C1=C(C)NC(=S)N[C@H]1c1ccccc1OCC(=O)NN=Cc1cc(Br)c(OCc2ccccc2C#N)c(Br)c1. The van der Waals surface area contributed by atoms with Crippen molar-refractivity contribution in [2.75, 3.05) is 13.2 Å². The van der Waals surface area contributed by atoms with Crippen LogP contribution in [0.5, 0.6) is 11.5 Å². The molecule has 0 spiro atoms. The molecule has 3 aromatic carbocycles. The number of hydrogen-bond donors (Lipinski definition) is 3. The third kappa shape index (κ3) is 8.22. The Hall–Kier alpha value is -4.25. The second-order valence-electron chi connectivity index (χ2n) is 9.28. The first-order valence-corrected chi connectivity index (χ1v) is 15.3. The Morgan fingerprint density at radius 3 is 2.55 bits per heavy atom. The van der Waals surface area contributed by atoms with Crippen LogP contribution in [0.1, 0.15) is 42.1 Å². The van der Waals surface area contributed by atoms with Gasteiger partial charge in [0.1, 0.15) is 18.1 Å². The Balaban J connectivity index is 1.38. The monoisotopic (exact) mass is 739 g/mol. The molecule has 226 valence electrons. The number of nitrogens with zero attached hydrogens (tertiary/aromatic N) is 2. The predicted octanol–water partition coefficient (Wildman–Crippen LogP) is 5.55. The molecule has 44 heavy (non-hydrogen) atoms. The van der Waals surface area contributed by atoms with Gasteiger partial charge >= 0.3 is 5.97 Å². The van der Waals surface area contributed by atoms with Gasteiger partial charge in [0, 0.05) is 16.8 Å². The summed E-state index contributed by atoms with van der Waals surface area (Å²) >= 11 is 12.3. The maximum absolute atomic E-state index is 12.7. The molecule has 1 heterocycles. The van der Waals surface area contributed by atoms with Crippen LogP contribution in [-0.2, 0) is 20.9 Å². The normalized spacial score (nSPS) is 14.3. The third-order valence-electron chi connectivity index (χ3n) is 6.29. The van der Waals surface area contributed by atoms with E-state index in [9.17, 15) is 14.9 Å². The van der Waals surface area contributed by atoms with E-state index in [1.165, 1.54) is 6.21 Å². The maximum Gasteiger partial charge on any atom is 0.338 e. The lowest BCUT2D eigenvalue weighted by Gasteiger charge is -2.30. The van der Waals surface area contributed by atoms with Crippen molar-refractivity contribution in [3.05, 3.63) is 103 Å². The van der Waals surface area contributed by atoms with Gasteiger partial charge in [-0.05, 0) is 87.8 Å². The number of ether oxygens (including phenoxy) is 3. The lowest BCUT2D eigenvalue weighted by atomic mass is 9.95. The molecule has 0 fully saturated rings. The van der Waals surface area contributed by atoms with Gasteiger partial charge in [-0.1, -0.05) is 36.4 Å². The zero-order valence-corrected chi connectivity index (χ0v) is 27.6. The summed E-state index contributed by atoms with van der Waals surface area (Å²) in [5.74, 6) is -0.0200. The van der Waals surface area contributed by atoms with Gasteiger partial charge in [0.15, 0.2) is 11.7 Å². The molecule has 0 unspecified atom stereocenters. The lowest BCUT2D eigenvalue weighted by Crippen LogP contribution is -2.45. The van der Waals surface area contributed by atoms with Gasteiger partial charge in [-0.15, -0.1) is 0 Å². The fourth-order valence-corrected chi connectivity index (χ4v) is 6.03. The summed E-state index contributed by atoms with van der Waals surface area (Å²) in [6, 6.07) is 19.4. The van der Waals surface area contributed by atoms with Crippen molar-refractivity contribution < 1.29 is 23.8 Å². The van der Waals surface area contributed by atoms with Crippen LogP contribution in [0.25, 0.3) is 0 Å². The fraction of sp³-hybridized carbons (Fsp3) is 0.194. The van der Waals surface area contributed by atoms with E-state index in [0.29, 0.717) is 53.5 Å². The Kier molecular flexibility index (Phi) is 11.5. The highest BCUT2D eigenvalue weighted by Crippen LogP contribution is 2.36. The number of nitriles is 1. The number of carbonyl (C=O) groups is 2. The zero-order valence-electron chi connectivity index (χ0n) is 23.6. The number of amides is 1. The molecule has 0 saturated carbocycles. The van der Waals surface area contributed by atoms with Crippen LogP contribution >= 0.6 is 44.1 Å². The standard InChI is InChI=1S/C31H27Br2N5O5S/c1-3-41-30(40)27-18(2)36-31(44)37-28(27)22-10-6-7-11-25(22)42-17-26(39)38-35-15-19-12-23(32)29(24(33)13-19)43-16-21-9-5-4-8-20(21)14-34/h4-13,15,28H,3,16-17H2,1-2H3,(H,38,39)(H2,36,37,44)/t28-/m0/s1. The summed E-state index contributed by atoms with van der Waals surface area (Å²) in [4.78, 5) is 25.3. The lowest BCUT2D eigenvalue weighted by molar-refractivity contribution is -0.139. The Labute approximate surface area is 276 Å². The predicted molar refractivity (Wildman–Crippen MR) is 176 cm³/mol. The van der Waals surface area contributed by atoms with Crippen molar-refractivity contribution in [3.8, 4) is 17.6 Å². The Morgan fingerprint density at radius 2 is 1.82 bits per heavy atom. The quantitative estimate of drug-likeness (QED) is 0.100. The highest BCUT2D eigenvalue weighted by atomic mass is 79.9. The van der Waals surface area contributed by atoms with E-state index in [1.54, 1.807) is 62.4 Å². The topological polar surface area (TPSA) is 134 Å². The summed E-state index contributed by atoms with van der Waals surface area (Å²) in [5, 5.41) is 19.7. The van der Waals surface area contributed by atoms with Gasteiger partial charge in [-0.25, -0.2) is 10.2 Å². The molecule has 1 atom stereocenters. The number of benzene rings is 3. The number of hydrazone groups is 1. The molecule has 3 N–H and O–H groups in total. The maximum atomic E-state index is 12.7. The average molecular weight is 741 g/mol. The second kappa shape index (κ2) is 15.5. The number of nitrogens with one attached hydrogen (secondary N) is 3. The fourth-order valence-electron chi connectivity index (χ4n) is 4.31. The molecule has 10 nitrogen and oxygen atoms in total. The molecule has 0 aromatic heterocycles. The van der Waals surface area contributed by atoms with Crippen LogP contribution < -0.4 is 25.5 Å². The molecular formula is C31H27Br2N5O5S. The number of esters is 1. The molecule has 3 aromatic rings. The molecule has 1 amide bonds. The number of carbonyl (C=O) groups excluding carboxylic acids is 2. The molecule has 0 aliphatic carbocycles. The minimum absolute atomic E-state index is 0.216.